The molecule has 0 saturated heterocycles. The predicted molar refractivity (Wildman–Crippen MR) is 92.6 cm³/mol. The van der Waals surface area contributed by atoms with Crippen LogP contribution >= 0.6 is 0 Å². The van der Waals surface area contributed by atoms with Crippen molar-refractivity contribution in [1.29, 1.82) is 0 Å². The van der Waals surface area contributed by atoms with Crippen molar-refractivity contribution in [1.82, 2.24) is 0 Å². The number of hydrogen-bond acceptors (Lipinski definition) is 5. The number of rotatable bonds is 5. The fourth-order valence-electron chi connectivity index (χ4n) is 2.09. The standard InChI is InChI=1S/C19H19NO5/c1-12-4-5-15(10-13(12)2)19(23)25-11-17(21)20-16-8-6-14(7-9-16)18(22)24-3/h4-10H,11H2,1-3H3,(H,20,21). The second kappa shape index (κ2) is 8.10. The first kappa shape index (κ1) is 18.2. The monoisotopic (exact) mass is 341 g/mol. The van der Waals surface area contributed by atoms with Crippen LogP contribution in [0.1, 0.15) is 31.8 Å². The lowest BCUT2D eigenvalue weighted by Crippen LogP contribution is -2.21. The maximum atomic E-state index is 12.0. The summed E-state index contributed by atoms with van der Waals surface area (Å²) < 4.78 is 9.61. The number of amides is 1. The van der Waals surface area contributed by atoms with Gasteiger partial charge in [-0.15, -0.1) is 0 Å². The largest absolute Gasteiger partial charge is 0.465 e. The van der Waals surface area contributed by atoms with E-state index >= 15 is 0 Å². The summed E-state index contributed by atoms with van der Waals surface area (Å²) >= 11 is 0. The number of aryl methyl sites for hydroxylation is 2. The van der Waals surface area contributed by atoms with E-state index in [2.05, 4.69) is 10.1 Å². The third-order valence-corrected chi connectivity index (χ3v) is 3.67. The molecule has 0 atom stereocenters. The van der Waals surface area contributed by atoms with Crippen LogP contribution in [-0.2, 0) is 14.3 Å². The van der Waals surface area contributed by atoms with Crippen molar-refractivity contribution in [2.45, 2.75) is 13.8 Å². The molecule has 6 heteroatoms. The first-order valence-corrected chi connectivity index (χ1v) is 7.63. The van der Waals surface area contributed by atoms with E-state index in [9.17, 15) is 14.4 Å². The van der Waals surface area contributed by atoms with Gasteiger partial charge in [0.05, 0.1) is 18.2 Å². The van der Waals surface area contributed by atoms with Crippen LogP contribution in [0.4, 0.5) is 5.69 Å². The van der Waals surface area contributed by atoms with Crippen LogP contribution < -0.4 is 5.32 Å². The predicted octanol–water partition coefficient (Wildman–Crippen LogP) is 2.89. The summed E-state index contributed by atoms with van der Waals surface area (Å²) in [7, 11) is 1.29. The van der Waals surface area contributed by atoms with E-state index in [1.165, 1.54) is 19.2 Å². The molecule has 6 nitrogen and oxygen atoms in total. The molecule has 1 amide bonds. The molecule has 2 aromatic rings. The van der Waals surface area contributed by atoms with Crippen LogP contribution in [-0.4, -0.2) is 31.6 Å². The number of hydrogen-bond donors (Lipinski definition) is 1. The molecule has 25 heavy (non-hydrogen) atoms. The molecule has 2 rings (SSSR count). The van der Waals surface area contributed by atoms with Crippen molar-refractivity contribution in [3.05, 3.63) is 64.7 Å². The Kier molecular flexibility index (Phi) is 5.89. The molecule has 130 valence electrons. The third kappa shape index (κ3) is 4.91. The molecule has 0 fully saturated rings. The van der Waals surface area contributed by atoms with Gasteiger partial charge < -0.3 is 14.8 Å². The fourth-order valence-corrected chi connectivity index (χ4v) is 2.09. The molecule has 0 heterocycles. The average Bonchev–Trinajstić information content (AvgIpc) is 2.62. The molecular weight excluding hydrogens is 322 g/mol. The van der Waals surface area contributed by atoms with E-state index < -0.39 is 24.5 Å². The number of methoxy groups -OCH3 is 1. The topological polar surface area (TPSA) is 81.7 Å². The van der Waals surface area contributed by atoms with Crippen molar-refractivity contribution in [2.75, 3.05) is 19.0 Å². The van der Waals surface area contributed by atoms with Gasteiger partial charge in [0.25, 0.3) is 5.91 Å². The Labute approximate surface area is 145 Å². The number of ether oxygens (including phenoxy) is 2. The van der Waals surface area contributed by atoms with Gasteiger partial charge in [-0.3, -0.25) is 4.79 Å². The number of nitrogens with one attached hydrogen (secondary N) is 1. The van der Waals surface area contributed by atoms with Gasteiger partial charge in [0.1, 0.15) is 0 Å². The van der Waals surface area contributed by atoms with E-state index in [0.29, 0.717) is 16.8 Å². The Hall–Kier alpha value is -3.15. The van der Waals surface area contributed by atoms with Crippen molar-refractivity contribution in [3.8, 4) is 0 Å². The number of anilines is 1. The lowest BCUT2D eigenvalue weighted by Gasteiger charge is -2.08. The molecule has 0 aliphatic heterocycles. The molecule has 0 radical (unpaired) electrons. The second-order valence-electron chi connectivity index (χ2n) is 5.49. The molecule has 2 aromatic carbocycles. The molecule has 0 bridgehead atoms. The normalized spacial score (nSPS) is 10.0. The first-order valence-electron chi connectivity index (χ1n) is 7.63. The Morgan fingerprint density at radius 1 is 0.880 bits per heavy atom. The van der Waals surface area contributed by atoms with Gasteiger partial charge in [0.15, 0.2) is 6.61 Å². The summed E-state index contributed by atoms with van der Waals surface area (Å²) in [5.74, 6) is -1.48. The van der Waals surface area contributed by atoms with Crippen LogP contribution in [0.2, 0.25) is 0 Å². The van der Waals surface area contributed by atoms with Crippen molar-refractivity contribution in [3.63, 3.8) is 0 Å². The molecule has 0 unspecified atom stereocenters. The van der Waals surface area contributed by atoms with Gasteiger partial charge in [-0.2, -0.15) is 0 Å². The molecule has 0 aromatic heterocycles. The highest BCUT2D eigenvalue weighted by Gasteiger charge is 2.11. The minimum Gasteiger partial charge on any atom is -0.465 e. The average molecular weight is 341 g/mol. The van der Waals surface area contributed by atoms with Crippen molar-refractivity contribution < 1.29 is 23.9 Å². The van der Waals surface area contributed by atoms with Gasteiger partial charge in [0.2, 0.25) is 0 Å². The SMILES string of the molecule is COC(=O)c1ccc(NC(=O)COC(=O)c2ccc(C)c(C)c2)cc1. The lowest BCUT2D eigenvalue weighted by molar-refractivity contribution is -0.119. The van der Waals surface area contributed by atoms with Gasteiger partial charge in [-0.1, -0.05) is 6.07 Å². The third-order valence-electron chi connectivity index (χ3n) is 3.67. The van der Waals surface area contributed by atoms with E-state index in [4.69, 9.17) is 4.74 Å². The Balaban J connectivity index is 1.88. The Morgan fingerprint density at radius 2 is 1.52 bits per heavy atom. The van der Waals surface area contributed by atoms with Gasteiger partial charge in [-0.05, 0) is 61.4 Å². The minimum absolute atomic E-state index is 0.377. The zero-order valence-electron chi connectivity index (χ0n) is 14.3. The quantitative estimate of drug-likeness (QED) is 0.846. The van der Waals surface area contributed by atoms with Crippen LogP contribution in [0.15, 0.2) is 42.5 Å². The zero-order valence-corrected chi connectivity index (χ0v) is 14.3. The highest BCUT2D eigenvalue weighted by Crippen LogP contribution is 2.12. The highest BCUT2D eigenvalue weighted by molar-refractivity contribution is 5.96. The molecule has 0 aliphatic rings. The number of benzene rings is 2. The van der Waals surface area contributed by atoms with E-state index in [1.807, 2.05) is 19.9 Å². The number of carbonyl (C=O) groups is 3. The summed E-state index contributed by atoms with van der Waals surface area (Å²) in [5.41, 5.74) is 3.31. The molecule has 0 saturated carbocycles. The molecule has 1 N–H and O–H groups in total. The summed E-state index contributed by atoms with van der Waals surface area (Å²) in [6, 6.07) is 11.4. The van der Waals surface area contributed by atoms with Crippen LogP contribution in [0.3, 0.4) is 0 Å². The van der Waals surface area contributed by atoms with Crippen LogP contribution in [0, 0.1) is 13.8 Å². The van der Waals surface area contributed by atoms with Crippen LogP contribution in [0.5, 0.6) is 0 Å². The van der Waals surface area contributed by atoms with Gasteiger partial charge in [-0.25, -0.2) is 9.59 Å². The summed E-state index contributed by atoms with van der Waals surface area (Å²) in [4.78, 5) is 35.2. The second-order valence-corrected chi connectivity index (χ2v) is 5.49. The Bertz CT molecular complexity index is 796. The fraction of sp³-hybridized carbons (Fsp3) is 0.211. The summed E-state index contributed by atoms with van der Waals surface area (Å²) in [6.07, 6.45) is 0. The van der Waals surface area contributed by atoms with Crippen molar-refractivity contribution >= 4 is 23.5 Å². The van der Waals surface area contributed by atoms with E-state index in [0.717, 1.165) is 11.1 Å². The minimum atomic E-state index is -0.556. The maximum Gasteiger partial charge on any atom is 0.338 e. The Morgan fingerprint density at radius 3 is 2.12 bits per heavy atom. The molecule has 0 spiro atoms. The highest BCUT2D eigenvalue weighted by atomic mass is 16.5. The van der Waals surface area contributed by atoms with E-state index in [1.54, 1.807) is 24.3 Å². The lowest BCUT2D eigenvalue weighted by atomic mass is 10.1. The van der Waals surface area contributed by atoms with E-state index in [-0.39, 0.29) is 0 Å². The van der Waals surface area contributed by atoms with Gasteiger partial charge in [0, 0.05) is 5.69 Å². The van der Waals surface area contributed by atoms with Crippen LogP contribution in [0.25, 0.3) is 0 Å². The molecular formula is C19H19NO5. The molecule has 0 aliphatic carbocycles. The van der Waals surface area contributed by atoms with Gasteiger partial charge >= 0.3 is 11.9 Å². The number of carbonyl (C=O) groups excluding carboxylic acids is 3. The first-order chi connectivity index (χ1) is 11.9. The summed E-state index contributed by atoms with van der Waals surface area (Å²) in [6.45, 7) is 3.45. The maximum absolute atomic E-state index is 12.0. The summed E-state index contributed by atoms with van der Waals surface area (Å²) in [5, 5.41) is 2.59. The van der Waals surface area contributed by atoms with Crippen molar-refractivity contribution in [2.24, 2.45) is 0 Å². The zero-order chi connectivity index (χ0) is 18.4. The smallest absolute Gasteiger partial charge is 0.338 e. The number of esters is 2.